The Labute approximate surface area is 51.7 Å². The SMILES string of the molecule is O=[N+]([O-])O.[H-].[Na+]. The molecule has 0 aromatic rings. The predicted octanol–water partition coefficient (Wildman–Crippen LogP) is -3.23. The zero-order chi connectivity index (χ0) is 3.58. The van der Waals surface area contributed by atoms with Gasteiger partial charge in [0.25, 0.3) is 5.09 Å². The second-order valence-corrected chi connectivity index (χ2v) is 0.238. The van der Waals surface area contributed by atoms with E-state index in [9.17, 15) is 0 Å². The number of hydrogen-bond acceptors (Lipinski definition) is 2. The van der Waals surface area contributed by atoms with Crippen molar-refractivity contribution in [2.75, 3.05) is 0 Å². The van der Waals surface area contributed by atoms with E-state index in [0.717, 1.165) is 0 Å². The second-order valence-electron chi connectivity index (χ2n) is 0.238. The van der Waals surface area contributed by atoms with Crippen LogP contribution in [0.2, 0.25) is 0 Å². The van der Waals surface area contributed by atoms with Gasteiger partial charge in [-0.15, -0.1) is 10.1 Å². The molecule has 0 aromatic heterocycles. The van der Waals surface area contributed by atoms with Crippen molar-refractivity contribution in [3.05, 3.63) is 10.1 Å². The molecule has 0 atom stereocenters. The fraction of sp³-hybridized carbons (Fsp3) is 0. The van der Waals surface area contributed by atoms with Crippen LogP contribution in [0.5, 0.6) is 0 Å². The van der Waals surface area contributed by atoms with E-state index >= 15 is 0 Å². The largest absolute Gasteiger partial charge is 1.00 e. The molecule has 0 heterocycles. The zero-order valence-electron chi connectivity index (χ0n) is 3.71. The normalized spacial score (nSPS) is 4.80. The van der Waals surface area contributed by atoms with Crippen molar-refractivity contribution in [2.45, 2.75) is 0 Å². The molecule has 0 fully saturated rings. The van der Waals surface area contributed by atoms with Crippen molar-refractivity contribution in [3.63, 3.8) is 0 Å². The zero-order valence-corrected chi connectivity index (χ0v) is 4.71. The maximum Gasteiger partial charge on any atom is 1.00 e. The molecule has 5 heavy (non-hydrogen) atoms. The van der Waals surface area contributed by atoms with Crippen molar-refractivity contribution >= 4 is 0 Å². The quantitative estimate of drug-likeness (QED) is 0.192. The van der Waals surface area contributed by atoms with Crippen LogP contribution in [-0.4, -0.2) is 10.3 Å². The topological polar surface area (TPSA) is 63.4 Å². The molecule has 5 heteroatoms. The van der Waals surface area contributed by atoms with Crippen molar-refractivity contribution < 1.29 is 41.3 Å². The number of nitrogens with zero attached hydrogens (tertiary/aromatic N) is 1. The first kappa shape index (κ1) is 8.96. The van der Waals surface area contributed by atoms with Gasteiger partial charge in [0.1, 0.15) is 0 Å². The summed E-state index contributed by atoms with van der Waals surface area (Å²) in [5.41, 5.74) is 0. The van der Waals surface area contributed by atoms with Gasteiger partial charge in [-0.25, -0.2) is 0 Å². The van der Waals surface area contributed by atoms with Crippen LogP contribution in [0, 0.1) is 10.1 Å². The summed E-state index contributed by atoms with van der Waals surface area (Å²) in [5.74, 6) is 0. The Morgan fingerprint density at radius 1 is 2.00 bits per heavy atom. The molecular formula is H2NNaO3. The van der Waals surface area contributed by atoms with Crippen molar-refractivity contribution in [1.29, 1.82) is 0 Å². The Kier molecular flexibility index (Phi) is 7.52. The van der Waals surface area contributed by atoms with Crippen LogP contribution >= 0.6 is 0 Å². The van der Waals surface area contributed by atoms with Gasteiger partial charge in [-0.3, -0.25) is 0 Å². The Morgan fingerprint density at radius 2 is 2.00 bits per heavy atom. The Balaban J connectivity index is -0.0000000450. The summed E-state index contributed by atoms with van der Waals surface area (Å²) in [4.78, 5) is 8.36. The van der Waals surface area contributed by atoms with Gasteiger partial charge in [0.2, 0.25) is 0 Å². The molecule has 4 nitrogen and oxygen atoms in total. The second kappa shape index (κ2) is 4.20. The van der Waals surface area contributed by atoms with Crippen LogP contribution in [0.25, 0.3) is 0 Å². The van der Waals surface area contributed by atoms with Crippen LogP contribution in [-0.2, 0) is 0 Å². The molecule has 0 unspecified atom stereocenters. The molecule has 1 N–H and O–H groups in total. The molecule has 0 saturated heterocycles. The predicted molar refractivity (Wildman–Crippen MR) is 9.89 cm³/mol. The fourth-order valence-corrected chi connectivity index (χ4v) is 0. The summed E-state index contributed by atoms with van der Waals surface area (Å²) in [6.07, 6.45) is 0. The average molecular weight is 87.0 g/mol. The van der Waals surface area contributed by atoms with Crippen molar-refractivity contribution in [1.82, 2.24) is 0 Å². The smallest absolute Gasteiger partial charge is 1.00 e. The first-order valence-corrected chi connectivity index (χ1v) is 0.565. The van der Waals surface area contributed by atoms with Gasteiger partial charge in [-0.1, -0.05) is 0 Å². The van der Waals surface area contributed by atoms with Gasteiger partial charge < -0.3 is 6.63 Å². The first-order valence-electron chi connectivity index (χ1n) is 0.565. The van der Waals surface area contributed by atoms with Gasteiger partial charge in [-0.05, 0) is 0 Å². The van der Waals surface area contributed by atoms with E-state index in [1.54, 1.807) is 0 Å². The maximum atomic E-state index is 8.36. The molecule has 0 aliphatic carbocycles. The molecular weight excluding hydrogens is 85.0 g/mol. The molecule has 0 bridgehead atoms. The summed E-state index contributed by atoms with van der Waals surface area (Å²) < 4.78 is 0. The van der Waals surface area contributed by atoms with Gasteiger partial charge in [0.15, 0.2) is 0 Å². The molecule has 26 valence electrons. The molecule has 0 aliphatic rings. The van der Waals surface area contributed by atoms with Crippen molar-refractivity contribution in [3.8, 4) is 0 Å². The van der Waals surface area contributed by atoms with E-state index < -0.39 is 5.09 Å². The van der Waals surface area contributed by atoms with Crippen molar-refractivity contribution in [2.24, 2.45) is 0 Å². The van der Waals surface area contributed by atoms with E-state index in [2.05, 4.69) is 0 Å². The minimum Gasteiger partial charge on any atom is -1.00 e. The summed E-state index contributed by atoms with van der Waals surface area (Å²) in [7, 11) is 0. The van der Waals surface area contributed by atoms with Crippen LogP contribution in [0.15, 0.2) is 0 Å². The summed E-state index contributed by atoms with van der Waals surface area (Å²) in [6.45, 7) is 0. The summed E-state index contributed by atoms with van der Waals surface area (Å²) >= 11 is 0. The molecule has 0 aromatic carbocycles. The van der Waals surface area contributed by atoms with Gasteiger partial charge in [0, 0.05) is 0 Å². The monoisotopic (exact) mass is 87.0 g/mol. The van der Waals surface area contributed by atoms with E-state index in [4.69, 9.17) is 15.3 Å². The number of hydrogen-bond donors (Lipinski definition) is 1. The van der Waals surface area contributed by atoms with E-state index in [-0.39, 0.29) is 31.0 Å². The van der Waals surface area contributed by atoms with Gasteiger partial charge in [-0.2, -0.15) is 0 Å². The maximum absolute atomic E-state index is 8.36. The molecule has 0 amide bonds. The minimum atomic E-state index is -1.50. The molecule has 0 radical (unpaired) electrons. The molecule has 0 spiro atoms. The number of rotatable bonds is 0. The molecule has 0 aliphatic heterocycles. The Bertz CT molecular complexity index is 33.8. The third kappa shape index (κ3) is 508. The summed E-state index contributed by atoms with van der Waals surface area (Å²) in [5, 5.41) is 13.6. The Hall–Kier alpha value is 0.200. The third-order valence-corrected chi connectivity index (χ3v) is 0. The van der Waals surface area contributed by atoms with Gasteiger partial charge in [0.05, 0.1) is 0 Å². The fourth-order valence-electron chi connectivity index (χ4n) is 0. The first-order chi connectivity index (χ1) is 1.73. The van der Waals surface area contributed by atoms with Gasteiger partial charge >= 0.3 is 29.6 Å². The van der Waals surface area contributed by atoms with Crippen LogP contribution in [0.3, 0.4) is 0 Å². The minimum absolute atomic E-state index is 0. The Morgan fingerprint density at radius 3 is 2.00 bits per heavy atom. The van der Waals surface area contributed by atoms with E-state index in [1.165, 1.54) is 0 Å². The standard InChI is InChI=1S/HNO3.Na.H/c2-1(3)4;;/h(H,2,3,4);;/q;+1;-1. The molecule has 0 rings (SSSR count). The van der Waals surface area contributed by atoms with Crippen LogP contribution in [0.4, 0.5) is 0 Å². The third-order valence-electron chi connectivity index (χ3n) is 0. The average Bonchev–Trinajstić information content (AvgIpc) is 0.811. The summed E-state index contributed by atoms with van der Waals surface area (Å²) in [6, 6.07) is 0. The van der Waals surface area contributed by atoms with Crippen LogP contribution in [0.1, 0.15) is 1.43 Å². The van der Waals surface area contributed by atoms with Crippen LogP contribution < -0.4 is 29.6 Å². The van der Waals surface area contributed by atoms with E-state index in [1.807, 2.05) is 0 Å². The molecule has 0 saturated carbocycles. The van der Waals surface area contributed by atoms with E-state index in [0.29, 0.717) is 0 Å².